The molecule has 0 aromatic carbocycles. The lowest BCUT2D eigenvalue weighted by molar-refractivity contribution is -0.170. The third-order valence-electron chi connectivity index (χ3n) is 3.88. The van der Waals surface area contributed by atoms with Crippen molar-refractivity contribution in [3.8, 4) is 0 Å². The van der Waals surface area contributed by atoms with Gasteiger partial charge in [-0.1, -0.05) is 65.2 Å². The molecule has 0 amide bonds. The van der Waals surface area contributed by atoms with Crippen LogP contribution < -0.4 is 0 Å². The predicted molar refractivity (Wildman–Crippen MR) is 88.0 cm³/mol. The van der Waals surface area contributed by atoms with Crippen LogP contribution in [-0.2, 0) is 9.47 Å². The topological polar surface area (TPSA) is 18.5 Å². The van der Waals surface area contributed by atoms with Crippen molar-refractivity contribution in [2.24, 2.45) is 5.92 Å². The average Bonchev–Trinajstić information content (AvgIpc) is 2.45. The van der Waals surface area contributed by atoms with Gasteiger partial charge in [0.2, 0.25) is 0 Å². The van der Waals surface area contributed by atoms with Gasteiger partial charge in [-0.2, -0.15) is 0 Å². The van der Waals surface area contributed by atoms with E-state index in [4.69, 9.17) is 9.47 Å². The van der Waals surface area contributed by atoms with Gasteiger partial charge in [-0.05, 0) is 26.7 Å². The maximum atomic E-state index is 5.78. The summed E-state index contributed by atoms with van der Waals surface area (Å²) < 4.78 is 11.6. The molecule has 0 radical (unpaired) electrons. The first-order valence-corrected chi connectivity index (χ1v) is 9.03. The van der Waals surface area contributed by atoms with E-state index in [1.807, 2.05) is 0 Å². The van der Waals surface area contributed by atoms with Crippen molar-refractivity contribution in [2.75, 3.05) is 13.2 Å². The quantitative estimate of drug-likeness (QED) is 0.274. The molecule has 0 aliphatic rings. The fraction of sp³-hybridized carbons (Fsp3) is 1.00. The smallest absolute Gasteiger partial charge is 0.160 e. The van der Waals surface area contributed by atoms with Crippen molar-refractivity contribution in [1.82, 2.24) is 0 Å². The third kappa shape index (κ3) is 10.7. The zero-order valence-electron chi connectivity index (χ0n) is 14.5. The maximum absolute atomic E-state index is 5.78. The second-order valence-corrected chi connectivity index (χ2v) is 5.74. The van der Waals surface area contributed by atoms with Gasteiger partial charge in [0, 0.05) is 19.1 Å². The van der Waals surface area contributed by atoms with Crippen molar-refractivity contribution in [1.29, 1.82) is 0 Å². The second kappa shape index (κ2) is 15.3. The molecule has 1 atom stereocenters. The monoisotopic (exact) mass is 286 g/mol. The van der Waals surface area contributed by atoms with Gasteiger partial charge in [0.05, 0.1) is 0 Å². The molecule has 0 spiro atoms. The SMILES string of the molecule is CCCCCCCCCC(CCC)C(OCC)OCC. The van der Waals surface area contributed by atoms with Crippen molar-refractivity contribution >= 4 is 0 Å². The zero-order chi connectivity index (χ0) is 15.1. The van der Waals surface area contributed by atoms with E-state index in [1.54, 1.807) is 0 Å². The van der Waals surface area contributed by atoms with E-state index < -0.39 is 0 Å². The molecule has 122 valence electrons. The standard InChI is InChI=1S/C18H38O2/c1-5-9-10-11-12-13-14-16-17(15-6-2)18(19-7-3)20-8-4/h17-18H,5-16H2,1-4H3. The first-order valence-electron chi connectivity index (χ1n) is 9.03. The van der Waals surface area contributed by atoms with Gasteiger partial charge in [-0.3, -0.25) is 0 Å². The van der Waals surface area contributed by atoms with Crippen LogP contribution >= 0.6 is 0 Å². The first kappa shape index (κ1) is 19.9. The highest BCUT2D eigenvalue weighted by Gasteiger charge is 2.20. The number of rotatable bonds is 15. The summed E-state index contributed by atoms with van der Waals surface area (Å²) >= 11 is 0. The molecule has 20 heavy (non-hydrogen) atoms. The van der Waals surface area contributed by atoms with Crippen LogP contribution in [0.2, 0.25) is 0 Å². The average molecular weight is 287 g/mol. The Kier molecular flexibility index (Phi) is 15.3. The van der Waals surface area contributed by atoms with Crippen molar-refractivity contribution < 1.29 is 9.47 Å². The minimum absolute atomic E-state index is 0.0186. The summed E-state index contributed by atoms with van der Waals surface area (Å²) in [6.07, 6.45) is 13.4. The van der Waals surface area contributed by atoms with Crippen molar-refractivity contribution in [3.63, 3.8) is 0 Å². The molecule has 1 unspecified atom stereocenters. The number of unbranched alkanes of at least 4 members (excludes halogenated alkanes) is 6. The number of hydrogen-bond donors (Lipinski definition) is 0. The Morgan fingerprint density at radius 1 is 0.600 bits per heavy atom. The van der Waals surface area contributed by atoms with Gasteiger partial charge in [0.25, 0.3) is 0 Å². The Labute approximate surface area is 127 Å². The van der Waals surface area contributed by atoms with Gasteiger partial charge in [0.15, 0.2) is 6.29 Å². The van der Waals surface area contributed by atoms with Crippen LogP contribution in [-0.4, -0.2) is 19.5 Å². The van der Waals surface area contributed by atoms with Gasteiger partial charge in [-0.15, -0.1) is 0 Å². The highest BCUT2D eigenvalue weighted by Crippen LogP contribution is 2.23. The summed E-state index contributed by atoms with van der Waals surface area (Å²) in [5.74, 6) is 0.579. The normalized spacial score (nSPS) is 13.1. The van der Waals surface area contributed by atoms with Crippen LogP contribution in [0.15, 0.2) is 0 Å². The Morgan fingerprint density at radius 3 is 1.65 bits per heavy atom. The Morgan fingerprint density at radius 2 is 1.15 bits per heavy atom. The third-order valence-corrected chi connectivity index (χ3v) is 3.88. The number of hydrogen-bond acceptors (Lipinski definition) is 2. The molecule has 0 saturated carbocycles. The van der Waals surface area contributed by atoms with Gasteiger partial charge >= 0.3 is 0 Å². The molecule has 0 rings (SSSR count). The summed E-state index contributed by atoms with van der Waals surface area (Å²) in [5.41, 5.74) is 0. The molecule has 0 aromatic heterocycles. The highest BCUT2D eigenvalue weighted by molar-refractivity contribution is 4.64. The van der Waals surface area contributed by atoms with E-state index in [0.29, 0.717) is 5.92 Å². The minimum atomic E-state index is 0.0186. The summed E-state index contributed by atoms with van der Waals surface area (Å²) in [6.45, 7) is 10.2. The molecule has 2 heteroatoms. The van der Waals surface area contributed by atoms with E-state index in [0.717, 1.165) is 13.2 Å². The Balaban J connectivity index is 3.86. The Bertz CT molecular complexity index is 176. The lowest BCUT2D eigenvalue weighted by atomic mass is 9.95. The molecule has 0 fully saturated rings. The molecular weight excluding hydrogens is 248 g/mol. The summed E-state index contributed by atoms with van der Waals surface area (Å²) in [7, 11) is 0. The molecule has 0 aliphatic carbocycles. The zero-order valence-corrected chi connectivity index (χ0v) is 14.5. The van der Waals surface area contributed by atoms with Gasteiger partial charge in [-0.25, -0.2) is 0 Å². The maximum Gasteiger partial charge on any atom is 0.160 e. The lowest BCUT2D eigenvalue weighted by Crippen LogP contribution is -2.27. The Hall–Kier alpha value is -0.0800. The van der Waals surface area contributed by atoms with E-state index in [9.17, 15) is 0 Å². The minimum Gasteiger partial charge on any atom is -0.353 e. The highest BCUT2D eigenvalue weighted by atomic mass is 16.7. The van der Waals surface area contributed by atoms with Crippen molar-refractivity contribution in [3.05, 3.63) is 0 Å². The van der Waals surface area contributed by atoms with Gasteiger partial charge < -0.3 is 9.47 Å². The van der Waals surface area contributed by atoms with Crippen molar-refractivity contribution in [2.45, 2.75) is 98.2 Å². The summed E-state index contributed by atoms with van der Waals surface area (Å²) in [5, 5.41) is 0. The molecule has 0 aromatic rings. The fourth-order valence-electron chi connectivity index (χ4n) is 2.80. The molecule has 0 saturated heterocycles. The van der Waals surface area contributed by atoms with E-state index in [2.05, 4.69) is 27.7 Å². The summed E-state index contributed by atoms with van der Waals surface area (Å²) in [4.78, 5) is 0. The molecular formula is C18H38O2. The molecule has 0 bridgehead atoms. The number of ether oxygens (including phenoxy) is 2. The van der Waals surface area contributed by atoms with E-state index in [-0.39, 0.29) is 6.29 Å². The second-order valence-electron chi connectivity index (χ2n) is 5.74. The van der Waals surface area contributed by atoms with E-state index in [1.165, 1.54) is 64.2 Å². The molecule has 0 N–H and O–H groups in total. The summed E-state index contributed by atoms with van der Waals surface area (Å²) in [6, 6.07) is 0. The van der Waals surface area contributed by atoms with Crippen LogP contribution in [0, 0.1) is 5.92 Å². The lowest BCUT2D eigenvalue weighted by Gasteiger charge is -2.26. The van der Waals surface area contributed by atoms with Gasteiger partial charge in [0.1, 0.15) is 0 Å². The van der Waals surface area contributed by atoms with Crippen LogP contribution in [0.25, 0.3) is 0 Å². The predicted octanol–water partition coefficient (Wildman–Crippen LogP) is 5.94. The fourth-order valence-corrected chi connectivity index (χ4v) is 2.80. The first-order chi connectivity index (χ1) is 9.79. The van der Waals surface area contributed by atoms with E-state index >= 15 is 0 Å². The van der Waals surface area contributed by atoms with Crippen LogP contribution in [0.4, 0.5) is 0 Å². The van der Waals surface area contributed by atoms with Crippen LogP contribution in [0.1, 0.15) is 91.9 Å². The molecule has 2 nitrogen and oxygen atoms in total. The molecule has 0 heterocycles. The largest absolute Gasteiger partial charge is 0.353 e. The molecule has 0 aliphatic heterocycles. The van der Waals surface area contributed by atoms with Crippen LogP contribution in [0.3, 0.4) is 0 Å². The van der Waals surface area contributed by atoms with Crippen LogP contribution in [0.5, 0.6) is 0 Å².